The van der Waals surface area contributed by atoms with E-state index in [1.807, 2.05) is 13.8 Å². The number of hydrogen-bond donors (Lipinski definition) is 2. The number of nitrogen functional groups attached to an aromatic ring is 1. The number of carbonyl (C=O) groups excluding carboxylic acids is 1. The Hall–Kier alpha value is -1.58. The summed E-state index contributed by atoms with van der Waals surface area (Å²) in [6, 6.07) is 3.41. The minimum Gasteiger partial charge on any atom is -0.384 e. The molecule has 94 valence electrons. The molecule has 17 heavy (non-hydrogen) atoms. The predicted molar refractivity (Wildman–Crippen MR) is 69.9 cm³/mol. The molecule has 0 radical (unpaired) electrons. The van der Waals surface area contributed by atoms with Crippen molar-refractivity contribution in [3.8, 4) is 0 Å². The third-order valence-corrected chi connectivity index (χ3v) is 2.39. The van der Waals surface area contributed by atoms with Gasteiger partial charge in [-0.15, -0.1) is 0 Å². The Morgan fingerprint density at radius 1 is 1.35 bits per heavy atom. The average Bonchev–Trinajstić information content (AvgIpc) is 2.24. The van der Waals surface area contributed by atoms with E-state index in [2.05, 4.69) is 24.1 Å². The van der Waals surface area contributed by atoms with Crippen molar-refractivity contribution < 1.29 is 4.79 Å². The monoisotopic (exact) mass is 235 g/mol. The highest BCUT2D eigenvalue weighted by molar-refractivity contribution is 5.94. The molecule has 0 saturated heterocycles. The van der Waals surface area contributed by atoms with Gasteiger partial charge in [-0.1, -0.05) is 27.7 Å². The fourth-order valence-electron chi connectivity index (χ4n) is 1.40. The Balaban J connectivity index is 2.86. The Kier molecular flexibility index (Phi) is 4.49. The second-order valence-electron chi connectivity index (χ2n) is 4.96. The number of pyridine rings is 1. The summed E-state index contributed by atoms with van der Waals surface area (Å²) in [4.78, 5) is 16.1. The number of rotatable bonds is 4. The van der Waals surface area contributed by atoms with Gasteiger partial charge in [0.05, 0.1) is 0 Å². The molecule has 0 saturated carbocycles. The molecular formula is C13H21N3O. The first-order valence-corrected chi connectivity index (χ1v) is 5.95. The Morgan fingerprint density at radius 2 is 2.00 bits per heavy atom. The van der Waals surface area contributed by atoms with Crippen molar-refractivity contribution in [2.24, 2.45) is 5.92 Å². The lowest BCUT2D eigenvalue weighted by Crippen LogP contribution is -2.27. The smallest absolute Gasteiger partial charge is 0.251 e. The van der Waals surface area contributed by atoms with E-state index in [1.54, 1.807) is 12.1 Å². The van der Waals surface area contributed by atoms with E-state index < -0.39 is 0 Å². The minimum absolute atomic E-state index is 0.0882. The van der Waals surface area contributed by atoms with Crippen molar-refractivity contribution in [1.29, 1.82) is 0 Å². The van der Waals surface area contributed by atoms with Gasteiger partial charge in [-0.05, 0) is 24.0 Å². The van der Waals surface area contributed by atoms with Crippen LogP contribution in [0.3, 0.4) is 0 Å². The molecule has 0 spiro atoms. The second kappa shape index (κ2) is 5.66. The van der Waals surface area contributed by atoms with Gasteiger partial charge in [0.15, 0.2) is 0 Å². The average molecular weight is 235 g/mol. The third-order valence-electron chi connectivity index (χ3n) is 2.39. The number of nitrogens with one attached hydrogen (secondary N) is 1. The van der Waals surface area contributed by atoms with E-state index in [-0.39, 0.29) is 11.8 Å². The molecule has 0 fully saturated rings. The van der Waals surface area contributed by atoms with E-state index in [0.29, 0.717) is 23.8 Å². The van der Waals surface area contributed by atoms with Gasteiger partial charge in [0, 0.05) is 17.8 Å². The van der Waals surface area contributed by atoms with Gasteiger partial charge >= 0.3 is 0 Å². The summed E-state index contributed by atoms with van der Waals surface area (Å²) >= 11 is 0. The number of carbonyl (C=O) groups is 1. The van der Waals surface area contributed by atoms with Gasteiger partial charge in [-0.25, -0.2) is 4.98 Å². The summed E-state index contributed by atoms with van der Waals surface area (Å²) in [6.45, 7) is 8.83. The zero-order valence-electron chi connectivity index (χ0n) is 10.9. The zero-order valence-corrected chi connectivity index (χ0v) is 10.9. The molecule has 0 aromatic carbocycles. The normalized spacial score (nSPS) is 10.9. The first-order chi connectivity index (χ1) is 7.90. The van der Waals surface area contributed by atoms with E-state index in [1.165, 1.54) is 0 Å². The summed E-state index contributed by atoms with van der Waals surface area (Å²) in [7, 11) is 0. The minimum atomic E-state index is -0.0882. The molecule has 0 aliphatic heterocycles. The van der Waals surface area contributed by atoms with E-state index in [4.69, 9.17) is 5.73 Å². The van der Waals surface area contributed by atoms with Crippen LogP contribution in [-0.2, 0) is 0 Å². The highest BCUT2D eigenvalue weighted by atomic mass is 16.1. The SMILES string of the molecule is CC(C)CNC(=O)c1cc(N)nc(C(C)C)c1. The molecule has 1 rings (SSSR count). The van der Waals surface area contributed by atoms with Crippen LogP contribution < -0.4 is 11.1 Å². The van der Waals surface area contributed by atoms with E-state index in [0.717, 1.165) is 5.69 Å². The first-order valence-electron chi connectivity index (χ1n) is 5.95. The quantitative estimate of drug-likeness (QED) is 0.840. The van der Waals surface area contributed by atoms with Gasteiger partial charge in [0.25, 0.3) is 5.91 Å². The van der Waals surface area contributed by atoms with Crippen molar-refractivity contribution in [2.45, 2.75) is 33.6 Å². The van der Waals surface area contributed by atoms with Crippen LogP contribution in [-0.4, -0.2) is 17.4 Å². The fourth-order valence-corrected chi connectivity index (χ4v) is 1.40. The van der Waals surface area contributed by atoms with Crippen LogP contribution in [0.2, 0.25) is 0 Å². The number of anilines is 1. The fraction of sp³-hybridized carbons (Fsp3) is 0.538. The molecule has 0 aliphatic carbocycles. The van der Waals surface area contributed by atoms with Gasteiger partial charge in [-0.2, -0.15) is 0 Å². The molecule has 1 heterocycles. The molecule has 4 heteroatoms. The van der Waals surface area contributed by atoms with Crippen LogP contribution >= 0.6 is 0 Å². The molecule has 0 bridgehead atoms. The topological polar surface area (TPSA) is 68.0 Å². The van der Waals surface area contributed by atoms with E-state index >= 15 is 0 Å². The first kappa shape index (κ1) is 13.5. The summed E-state index contributed by atoms with van der Waals surface area (Å²) < 4.78 is 0. The maximum atomic E-state index is 11.9. The standard InChI is InChI=1S/C13H21N3O/c1-8(2)7-15-13(17)10-5-11(9(3)4)16-12(14)6-10/h5-6,8-9H,7H2,1-4H3,(H2,14,16)(H,15,17). The molecule has 0 unspecified atom stereocenters. The number of amides is 1. The van der Waals surface area contributed by atoms with E-state index in [9.17, 15) is 4.79 Å². The Morgan fingerprint density at radius 3 is 2.53 bits per heavy atom. The van der Waals surface area contributed by atoms with Crippen LogP contribution in [0.5, 0.6) is 0 Å². The molecule has 3 N–H and O–H groups in total. The maximum absolute atomic E-state index is 11.9. The number of nitrogens with two attached hydrogens (primary N) is 1. The van der Waals surface area contributed by atoms with Crippen LogP contribution in [0.4, 0.5) is 5.82 Å². The van der Waals surface area contributed by atoms with Crippen LogP contribution in [0.15, 0.2) is 12.1 Å². The number of aromatic nitrogens is 1. The molecular weight excluding hydrogens is 214 g/mol. The lowest BCUT2D eigenvalue weighted by molar-refractivity contribution is 0.0949. The van der Waals surface area contributed by atoms with Crippen molar-refractivity contribution in [3.05, 3.63) is 23.4 Å². The van der Waals surface area contributed by atoms with Crippen molar-refractivity contribution in [1.82, 2.24) is 10.3 Å². The maximum Gasteiger partial charge on any atom is 0.251 e. The van der Waals surface area contributed by atoms with Crippen LogP contribution in [0, 0.1) is 5.92 Å². The molecule has 1 aromatic heterocycles. The summed E-state index contributed by atoms with van der Waals surface area (Å²) in [6.07, 6.45) is 0. The number of hydrogen-bond acceptors (Lipinski definition) is 3. The highest BCUT2D eigenvalue weighted by Crippen LogP contribution is 2.15. The second-order valence-corrected chi connectivity index (χ2v) is 4.96. The predicted octanol–water partition coefficient (Wildman–Crippen LogP) is 2.17. The molecule has 0 aliphatic rings. The zero-order chi connectivity index (χ0) is 13.0. The Labute approximate surface area is 103 Å². The largest absolute Gasteiger partial charge is 0.384 e. The Bertz CT molecular complexity index is 400. The van der Waals surface area contributed by atoms with Crippen molar-refractivity contribution in [2.75, 3.05) is 12.3 Å². The third kappa shape index (κ3) is 4.06. The van der Waals surface area contributed by atoms with Gasteiger partial charge in [-0.3, -0.25) is 4.79 Å². The lowest BCUT2D eigenvalue weighted by atomic mass is 10.1. The van der Waals surface area contributed by atoms with Crippen molar-refractivity contribution >= 4 is 11.7 Å². The van der Waals surface area contributed by atoms with Crippen LogP contribution in [0.1, 0.15) is 49.7 Å². The summed E-state index contributed by atoms with van der Waals surface area (Å²) in [5.74, 6) is 0.999. The van der Waals surface area contributed by atoms with Gasteiger partial charge in [0.1, 0.15) is 5.82 Å². The molecule has 1 aromatic rings. The molecule has 0 atom stereocenters. The molecule has 1 amide bonds. The van der Waals surface area contributed by atoms with Crippen LogP contribution in [0.25, 0.3) is 0 Å². The lowest BCUT2D eigenvalue weighted by Gasteiger charge is -2.10. The summed E-state index contributed by atoms with van der Waals surface area (Å²) in [5.41, 5.74) is 7.13. The van der Waals surface area contributed by atoms with Crippen molar-refractivity contribution in [3.63, 3.8) is 0 Å². The van der Waals surface area contributed by atoms with Gasteiger partial charge < -0.3 is 11.1 Å². The molecule has 4 nitrogen and oxygen atoms in total. The van der Waals surface area contributed by atoms with Gasteiger partial charge in [0.2, 0.25) is 0 Å². The summed E-state index contributed by atoms with van der Waals surface area (Å²) in [5, 5.41) is 2.87. The number of nitrogens with zero attached hydrogens (tertiary/aromatic N) is 1. The highest BCUT2D eigenvalue weighted by Gasteiger charge is 2.10.